The van der Waals surface area contributed by atoms with Crippen LogP contribution in [-0.2, 0) is 9.59 Å². The Morgan fingerprint density at radius 2 is 1.76 bits per heavy atom. The number of benzene rings is 1. The van der Waals surface area contributed by atoms with Crippen LogP contribution in [0.1, 0.15) is 12.8 Å². The Hall–Kier alpha value is -5.13. The quantitative estimate of drug-likeness (QED) is 0.353. The van der Waals surface area contributed by atoms with Crippen LogP contribution >= 0.6 is 0 Å². The molecule has 3 N–H and O–H groups in total. The van der Waals surface area contributed by atoms with E-state index in [2.05, 4.69) is 36.0 Å². The maximum absolute atomic E-state index is 12.6. The van der Waals surface area contributed by atoms with Crippen LogP contribution in [0, 0.1) is 0 Å². The van der Waals surface area contributed by atoms with Gasteiger partial charge in [0.1, 0.15) is 17.1 Å². The number of rotatable bonds is 5. The van der Waals surface area contributed by atoms with Gasteiger partial charge in [-0.2, -0.15) is 10.2 Å². The van der Waals surface area contributed by atoms with Crippen molar-refractivity contribution in [1.82, 2.24) is 36.0 Å². The van der Waals surface area contributed by atoms with E-state index < -0.39 is 23.4 Å². The Labute approximate surface area is 210 Å². The summed E-state index contributed by atoms with van der Waals surface area (Å²) in [5.74, 6) is -0.315. The molecule has 2 fully saturated rings. The van der Waals surface area contributed by atoms with Crippen LogP contribution in [0.2, 0.25) is 0 Å². The van der Waals surface area contributed by atoms with E-state index in [1.54, 1.807) is 35.5 Å². The van der Waals surface area contributed by atoms with E-state index in [0.717, 1.165) is 11.3 Å². The van der Waals surface area contributed by atoms with E-state index in [1.807, 2.05) is 36.4 Å². The van der Waals surface area contributed by atoms with Crippen molar-refractivity contribution in [3.8, 4) is 34.3 Å². The SMILES string of the molecule is O=C1NC(=O)C2(CCCN2c2ccc(Oc3ccc(-c4cc(-c5cccnn5)n[nH]4)cc3)nc2)C(=O)N1. The fourth-order valence-corrected chi connectivity index (χ4v) is 4.64. The van der Waals surface area contributed by atoms with Gasteiger partial charge in [-0.15, -0.1) is 5.10 Å². The van der Waals surface area contributed by atoms with Crippen LogP contribution in [0.4, 0.5) is 10.5 Å². The van der Waals surface area contributed by atoms with Gasteiger partial charge in [0.25, 0.3) is 11.8 Å². The van der Waals surface area contributed by atoms with Crippen LogP contribution in [0.15, 0.2) is 67.0 Å². The second kappa shape index (κ2) is 8.82. The van der Waals surface area contributed by atoms with Crippen LogP contribution in [0.3, 0.4) is 0 Å². The number of aromatic amines is 1. The number of nitrogens with one attached hydrogen (secondary N) is 3. The molecule has 5 heterocycles. The van der Waals surface area contributed by atoms with Gasteiger partial charge in [-0.25, -0.2) is 9.78 Å². The number of nitrogens with zero attached hydrogens (tertiary/aromatic N) is 5. The highest BCUT2D eigenvalue weighted by Gasteiger charge is 2.57. The molecule has 0 aliphatic carbocycles. The number of anilines is 1. The summed E-state index contributed by atoms with van der Waals surface area (Å²) in [5, 5.41) is 19.7. The monoisotopic (exact) mass is 496 g/mol. The molecular formula is C25H20N8O4. The molecule has 1 spiro atoms. The van der Waals surface area contributed by atoms with Crippen molar-refractivity contribution in [2.75, 3.05) is 11.4 Å². The number of hydrogen-bond donors (Lipinski definition) is 3. The lowest BCUT2D eigenvalue weighted by Gasteiger charge is -2.38. The molecule has 0 saturated carbocycles. The van der Waals surface area contributed by atoms with Gasteiger partial charge in [-0.1, -0.05) is 0 Å². The molecule has 0 bridgehead atoms. The summed E-state index contributed by atoms with van der Waals surface area (Å²) in [6, 6.07) is 15.6. The van der Waals surface area contributed by atoms with Crippen molar-refractivity contribution in [2.45, 2.75) is 18.4 Å². The van der Waals surface area contributed by atoms with Gasteiger partial charge in [-0.05, 0) is 66.9 Å². The Bertz CT molecular complexity index is 1470. The second-order valence-corrected chi connectivity index (χ2v) is 8.61. The first-order valence-electron chi connectivity index (χ1n) is 11.6. The second-order valence-electron chi connectivity index (χ2n) is 8.61. The first kappa shape index (κ1) is 22.3. The molecule has 12 heteroatoms. The Morgan fingerprint density at radius 3 is 2.46 bits per heavy atom. The zero-order valence-electron chi connectivity index (χ0n) is 19.3. The summed E-state index contributed by atoms with van der Waals surface area (Å²) in [6.45, 7) is 0.477. The van der Waals surface area contributed by atoms with Crippen molar-refractivity contribution in [1.29, 1.82) is 0 Å². The number of carbonyl (C=O) groups excluding carboxylic acids is 3. The lowest BCUT2D eigenvalue weighted by atomic mass is 9.92. The van der Waals surface area contributed by atoms with E-state index in [9.17, 15) is 14.4 Å². The molecule has 0 radical (unpaired) electrons. The zero-order valence-corrected chi connectivity index (χ0v) is 19.3. The fourth-order valence-electron chi connectivity index (χ4n) is 4.64. The van der Waals surface area contributed by atoms with Crippen molar-refractivity contribution < 1.29 is 19.1 Å². The highest BCUT2D eigenvalue weighted by Crippen LogP contribution is 2.36. The molecule has 3 aromatic heterocycles. The molecule has 37 heavy (non-hydrogen) atoms. The van der Waals surface area contributed by atoms with Gasteiger partial charge in [0, 0.05) is 18.8 Å². The van der Waals surface area contributed by atoms with Gasteiger partial charge >= 0.3 is 6.03 Å². The lowest BCUT2D eigenvalue weighted by molar-refractivity contribution is -0.137. The van der Waals surface area contributed by atoms with E-state index in [1.165, 1.54) is 0 Å². The lowest BCUT2D eigenvalue weighted by Crippen LogP contribution is -2.71. The molecule has 2 aliphatic rings. The number of urea groups is 1. The minimum Gasteiger partial charge on any atom is -0.439 e. The zero-order chi connectivity index (χ0) is 25.4. The number of aromatic nitrogens is 5. The maximum Gasteiger partial charge on any atom is 0.328 e. The Kier molecular flexibility index (Phi) is 5.33. The molecule has 12 nitrogen and oxygen atoms in total. The van der Waals surface area contributed by atoms with Crippen molar-refractivity contribution in [3.63, 3.8) is 0 Å². The molecule has 2 saturated heterocycles. The number of ether oxygens (including phenoxy) is 1. The van der Waals surface area contributed by atoms with E-state index >= 15 is 0 Å². The third-order valence-corrected chi connectivity index (χ3v) is 6.42. The standard InChI is InChI=1S/C25H20N8O4/c34-22-25(23(35)29-24(36)28-22)10-2-12-33(25)16-6-9-21(26-14-16)37-17-7-4-15(5-8-17)19-13-20(32-31-19)18-3-1-11-27-30-18/h1,3-9,11,13-14H,2,10,12H2,(H,31,32)(H2,28,29,34,35,36). The topological polar surface area (TPSA) is 155 Å². The van der Waals surface area contributed by atoms with Crippen molar-refractivity contribution in [2.24, 2.45) is 0 Å². The first-order chi connectivity index (χ1) is 18.0. The maximum atomic E-state index is 12.6. The highest BCUT2D eigenvalue weighted by atomic mass is 16.5. The molecule has 0 unspecified atom stereocenters. The summed E-state index contributed by atoms with van der Waals surface area (Å²) in [4.78, 5) is 42.8. The summed E-state index contributed by atoms with van der Waals surface area (Å²) in [7, 11) is 0. The van der Waals surface area contributed by atoms with Gasteiger partial charge in [0.2, 0.25) is 5.88 Å². The van der Waals surface area contributed by atoms with Crippen molar-refractivity contribution in [3.05, 3.63) is 67.0 Å². The number of imide groups is 2. The number of H-pyrrole nitrogens is 1. The largest absolute Gasteiger partial charge is 0.439 e. The molecule has 1 aromatic carbocycles. The summed E-state index contributed by atoms with van der Waals surface area (Å²) >= 11 is 0. The molecular weight excluding hydrogens is 476 g/mol. The molecule has 2 aliphatic heterocycles. The van der Waals surface area contributed by atoms with Crippen molar-refractivity contribution >= 4 is 23.5 Å². The minimum atomic E-state index is -1.46. The normalized spacial score (nSPS) is 16.5. The van der Waals surface area contributed by atoms with Crippen LogP contribution < -0.4 is 20.3 Å². The third kappa shape index (κ3) is 3.93. The average molecular weight is 496 g/mol. The number of barbiturate groups is 1. The van der Waals surface area contributed by atoms with Gasteiger partial charge in [0.05, 0.1) is 17.6 Å². The Balaban J connectivity index is 1.16. The third-order valence-electron chi connectivity index (χ3n) is 6.42. The van der Waals surface area contributed by atoms with E-state index in [4.69, 9.17) is 4.74 Å². The summed E-state index contributed by atoms with van der Waals surface area (Å²) in [5.41, 5.74) is 2.23. The number of carbonyl (C=O) groups is 3. The Morgan fingerprint density at radius 1 is 0.946 bits per heavy atom. The molecule has 4 amide bonds. The minimum absolute atomic E-state index is 0.305. The number of pyridine rings is 1. The molecule has 0 atom stereocenters. The fraction of sp³-hybridized carbons (Fsp3) is 0.160. The first-order valence-corrected chi connectivity index (χ1v) is 11.6. The average Bonchev–Trinajstić information content (AvgIpc) is 3.58. The predicted octanol–water partition coefficient (Wildman–Crippen LogP) is 2.43. The number of hydrogen-bond acceptors (Lipinski definition) is 9. The molecule has 4 aromatic rings. The van der Waals surface area contributed by atoms with Gasteiger partial charge in [-0.3, -0.25) is 25.3 Å². The van der Waals surface area contributed by atoms with Crippen LogP contribution in [0.25, 0.3) is 22.6 Å². The smallest absolute Gasteiger partial charge is 0.328 e. The summed E-state index contributed by atoms with van der Waals surface area (Å²) < 4.78 is 5.88. The van der Waals surface area contributed by atoms with E-state index in [0.29, 0.717) is 48.1 Å². The van der Waals surface area contributed by atoms with E-state index in [-0.39, 0.29) is 0 Å². The van der Waals surface area contributed by atoms with Gasteiger partial charge < -0.3 is 9.64 Å². The van der Waals surface area contributed by atoms with Crippen LogP contribution in [0.5, 0.6) is 11.6 Å². The molecule has 6 rings (SSSR count). The van der Waals surface area contributed by atoms with Gasteiger partial charge in [0.15, 0.2) is 5.54 Å². The predicted molar refractivity (Wildman–Crippen MR) is 130 cm³/mol. The highest BCUT2D eigenvalue weighted by molar-refractivity contribution is 6.24. The summed E-state index contributed by atoms with van der Waals surface area (Å²) in [6.07, 6.45) is 4.08. The molecule has 184 valence electrons. The van der Waals surface area contributed by atoms with Crippen LogP contribution in [-0.4, -0.2) is 55.3 Å². The number of amides is 4.